The van der Waals surface area contributed by atoms with Crippen LogP contribution in [0.4, 0.5) is 5.69 Å². The molecule has 1 amide bonds. The first-order valence-electron chi connectivity index (χ1n) is 8.91. The van der Waals surface area contributed by atoms with E-state index in [2.05, 4.69) is 0 Å². The summed E-state index contributed by atoms with van der Waals surface area (Å²) in [6, 6.07) is 10.8. The highest BCUT2D eigenvalue weighted by atomic mass is 32.2. The molecule has 0 saturated carbocycles. The van der Waals surface area contributed by atoms with Crippen LogP contribution in [-0.4, -0.2) is 62.7 Å². The number of carbonyl (C=O) groups excluding carboxylic acids is 1. The summed E-state index contributed by atoms with van der Waals surface area (Å²) < 4.78 is 32.2. The van der Waals surface area contributed by atoms with Crippen molar-refractivity contribution in [2.24, 2.45) is 5.73 Å². The van der Waals surface area contributed by atoms with Crippen LogP contribution >= 0.6 is 0 Å². The second-order valence-electron chi connectivity index (χ2n) is 6.59. The average molecular weight is 417 g/mol. The summed E-state index contributed by atoms with van der Waals surface area (Å²) >= 11 is 0. The van der Waals surface area contributed by atoms with E-state index in [1.54, 1.807) is 29.2 Å². The van der Waals surface area contributed by atoms with Crippen molar-refractivity contribution >= 4 is 27.5 Å². The Hall–Kier alpha value is -3.11. The lowest BCUT2D eigenvalue weighted by atomic mass is 10.1. The summed E-state index contributed by atoms with van der Waals surface area (Å²) in [4.78, 5) is 14.4. The molecule has 0 spiro atoms. The maximum atomic E-state index is 12.9. The second-order valence-corrected chi connectivity index (χ2v) is 8.53. The number of benzene rings is 2. The van der Waals surface area contributed by atoms with E-state index in [-0.39, 0.29) is 48.5 Å². The molecule has 2 aromatic carbocycles. The number of nitrogen functional groups attached to an aromatic ring is 2. The Bertz CT molecular complexity index is 1030. The van der Waals surface area contributed by atoms with E-state index >= 15 is 0 Å². The van der Waals surface area contributed by atoms with E-state index in [9.17, 15) is 13.2 Å². The van der Waals surface area contributed by atoms with Crippen molar-refractivity contribution in [2.45, 2.75) is 4.90 Å². The van der Waals surface area contributed by atoms with E-state index in [4.69, 9.17) is 21.6 Å². The number of anilines is 1. The van der Waals surface area contributed by atoms with Crippen LogP contribution in [-0.2, 0) is 10.0 Å². The van der Waals surface area contributed by atoms with Crippen molar-refractivity contribution in [2.75, 3.05) is 39.0 Å². The largest absolute Gasteiger partial charge is 0.495 e. The number of sulfonamides is 1. The Kier molecular flexibility index (Phi) is 5.76. The van der Waals surface area contributed by atoms with Gasteiger partial charge in [0, 0.05) is 37.3 Å². The van der Waals surface area contributed by atoms with Gasteiger partial charge in [0.05, 0.1) is 17.7 Å². The molecule has 2 aromatic rings. The van der Waals surface area contributed by atoms with Gasteiger partial charge in [-0.2, -0.15) is 4.31 Å². The molecule has 0 aliphatic carbocycles. The van der Waals surface area contributed by atoms with E-state index in [1.807, 2.05) is 0 Å². The van der Waals surface area contributed by atoms with Crippen molar-refractivity contribution in [1.82, 2.24) is 9.21 Å². The number of rotatable bonds is 5. The number of carbonyl (C=O) groups is 1. The standard InChI is InChI=1S/C19H23N5O4S/c1-28-17-7-6-15(12-16(17)20)29(26,27)24-10-8-23(9-11-24)19(25)14-4-2-13(3-5-14)18(21)22/h2-7,12H,8-11,20H2,1H3,(H3,21,22). The fraction of sp³-hybridized carbons (Fsp3) is 0.263. The fourth-order valence-corrected chi connectivity index (χ4v) is 4.59. The predicted molar refractivity (Wildman–Crippen MR) is 110 cm³/mol. The van der Waals surface area contributed by atoms with Crippen molar-refractivity contribution in [1.29, 1.82) is 5.41 Å². The topological polar surface area (TPSA) is 143 Å². The third-order valence-corrected chi connectivity index (χ3v) is 6.70. The molecule has 1 heterocycles. The molecule has 0 bridgehead atoms. The van der Waals surface area contributed by atoms with Crippen LogP contribution in [0.25, 0.3) is 0 Å². The minimum Gasteiger partial charge on any atom is -0.495 e. The third kappa shape index (κ3) is 4.17. The minimum atomic E-state index is -3.72. The number of hydrogen-bond donors (Lipinski definition) is 3. The molecule has 0 unspecified atom stereocenters. The lowest BCUT2D eigenvalue weighted by Gasteiger charge is -2.34. The second kappa shape index (κ2) is 8.10. The summed E-state index contributed by atoms with van der Waals surface area (Å²) in [6.07, 6.45) is 0. The highest BCUT2D eigenvalue weighted by molar-refractivity contribution is 7.89. The molecule has 1 aliphatic heterocycles. The molecule has 1 aliphatic rings. The fourth-order valence-electron chi connectivity index (χ4n) is 3.13. The molecule has 0 radical (unpaired) electrons. The lowest BCUT2D eigenvalue weighted by molar-refractivity contribution is 0.0698. The van der Waals surface area contributed by atoms with Gasteiger partial charge in [-0.25, -0.2) is 8.42 Å². The van der Waals surface area contributed by atoms with E-state index in [1.165, 1.54) is 29.6 Å². The number of ether oxygens (including phenoxy) is 1. The number of piperazine rings is 1. The molecule has 9 nitrogen and oxygen atoms in total. The molecule has 29 heavy (non-hydrogen) atoms. The lowest BCUT2D eigenvalue weighted by Crippen LogP contribution is -2.50. The normalized spacial score (nSPS) is 15.1. The quantitative estimate of drug-likeness (QED) is 0.371. The summed E-state index contributed by atoms with van der Waals surface area (Å²) in [7, 11) is -2.25. The Morgan fingerprint density at radius 3 is 2.14 bits per heavy atom. The highest BCUT2D eigenvalue weighted by Gasteiger charge is 2.30. The van der Waals surface area contributed by atoms with Crippen LogP contribution in [0.3, 0.4) is 0 Å². The molecule has 0 atom stereocenters. The number of hydrogen-bond acceptors (Lipinski definition) is 6. The summed E-state index contributed by atoms with van der Waals surface area (Å²) in [5.41, 5.74) is 12.5. The predicted octanol–water partition coefficient (Wildman–Crippen LogP) is 0.708. The molecular weight excluding hydrogens is 394 g/mol. The van der Waals surface area contributed by atoms with Crippen molar-refractivity contribution in [3.63, 3.8) is 0 Å². The Labute approximate surface area is 169 Å². The zero-order valence-corrected chi connectivity index (χ0v) is 16.8. The van der Waals surface area contributed by atoms with Crippen LogP contribution in [0.5, 0.6) is 5.75 Å². The van der Waals surface area contributed by atoms with E-state index < -0.39 is 10.0 Å². The number of methoxy groups -OCH3 is 1. The third-order valence-electron chi connectivity index (χ3n) is 4.81. The number of nitrogens with two attached hydrogens (primary N) is 2. The SMILES string of the molecule is COc1ccc(S(=O)(=O)N2CCN(C(=O)c3ccc(C(=N)N)cc3)CC2)cc1N. The Morgan fingerprint density at radius 2 is 1.62 bits per heavy atom. The molecule has 1 fully saturated rings. The number of nitrogens with zero attached hydrogens (tertiary/aromatic N) is 2. The van der Waals surface area contributed by atoms with Crippen LogP contribution in [0, 0.1) is 5.41 Å². The van der Waals surface area contributed by atoms with Gasteiger partial charge in [-0.15, -0.1) is 0 Å². The van der Waals surface area contributed by atoms with E-state index in [0.717, 1.165) is 0 Å². The van der Waals surface area contributed by atoms with Gasteiger partial charge in [-0.3, -0.25) is 10.2 Å². The molecule has 5 N–H and O–H groups in total. The average Bonchev–Trinajstić information content (AvgIpc) is 2.73. The highest BCUT2D eigenvalue weighted by Crippen LogP contribution is 2.27. The van der Waals surface area contributed by atoms with Crippen molar-refractivity contribution in [3.8, 4) is 5.75 Å². The summed E-state index contributed by atoms with van der Waals surface area (Å²) in [5.74, 6) is 0.156. The Balaban J connectivity index is 1.68. The molecule has 1 saturated heterocycles. The zero-order chi connectivity index (χ0) is 21.2. The Morgan fingerprint density at radius 1 is 1.03 bits per heavy atom. The minimum absolute atomic E-state index is 0.0676. The molecule has 10 heteroatoms. The van der Waals surface area contributed by atoms with Gasteiger partial charge in [0.1, 0.15) is 11.6 Å². The summed E-state index contributed by atoms with van der Waals surface area (Å²) in [6.45, 7) is 0.924. The van der Waals surface area contributed by atoms with Gasteiger partial charge in [0.15, 0.2) is 0 Å². The first-order chi connectivity index (χ1) is 13.7. The number of nitrogens with one attached hydrogen (secondary N) is 1. The van der Waals surface area contributed by atoms with Crippen molar-refractivity contribution in [3.05, 3.63) is 53.6 Å². The van der Waals surface area contributed by atoms with Gasteiger partial charge < -0.3 is 21.1 Å². The first-order valence-corrected chi connectivity index (χ1v) is 10.4. The van der Waals surface area contributed by atoms with Crippen LogP contribution in [0.15, 0.2) is 47.4 Å². The maximum absolute atomic E-state index is 12.9. The molecular formula is C19H23N5O4S. The molecule has 0 aromatic heterocycles. The number of amides is 1. The van der Waals surface area contributed by atoms with Crippen molar-refractivity contribution < 1.29 is 17.9 Å². The van der Waals surface area contributed by atoms with Crippen LogP contribution in [0.1, 0.15) is 15.9 Å². The first kappa shape index (κ1) is 20.6. The van der Waals surface area contributed by atoms with Gasteiger partial charge in [0.25, 0.3) is 5.91 Å². The van der Waals surface area contributed by atoms with Gasteiger partial charge >= 0.3 is 0 Å². The zero-order valence-electron chi connectivity index (χ0n) is 16.0. The maximum Gasteiger partial charge on any atom is 0.253 e. The van der Waals surface area contributed by atoms with Gasteiger partial charge in [-0.1, -0.05) is 12.1 Å². The summed E-state index contributed by atoms with van der Waals surface area (Å²) in [5, 5.41) is 7.40. The van der Waals surface area contributed by atoms with E-state index in [0.29, 0.717) is 16.9 Å². The monoisotopic (exact) mass is 417 g/mol. The number of amidine groups is 1. The smallest absolute Gasteiger partial charge is 0.253 e. The molecule has 154 valence electrons. The van der Waals surface area contributed by atoms with Crippen LogP contribution in [0.2, 0.25) is 0 Å². The van der Waals surface area contributed by atoms with Crippen LogP contribution < -0.4 is 16.2 Å². The van der Waals surface area contributed by atoms with Gasteiger partial charge in [-0.05, 0) is 30.3 Å². The van der Waals surface area contributed by atoms with Gasteiger partial charge in [0.2, 0.25) is 10.0 Å². The molecule has 3 rings (SSSR count).